The average molecular weight is 516 g/mol. The third kappa shape index (κ3) is 7.35. The number of nitrogens with zero attached hydrogens (tertiary/aromatic N) is 1. The van der Waals surface area contributed by atoms with E-state index in [1.807, 2.05) is 39.0 Å². The van der Waals surface area contributed by atoms with Crippen LogP contribution in [0.1, 0.15) is 60.8 Å². The van der Waals surface area contributed by atoms with Gasteiger partial charge in [-0.3, -0.25) is 10.3 Å². The molecule has 1 aromatic carbocycles. The molecule has 6 nitrogen and oxygen atoms in total. The van der Waals surface area contributed by atoms with Crippen molar-refractivity contribution in [2.24, 2.45) is 11.3 Å². The number of pyridine rings is 1. The summed E-state index contributed by atoms with van der Waals surface area (Å²) in [7, 11) is -3.44. The maximum absolute atomic E-state index is 12.6. The molecule has 0 amide bonds. The highest BCUT2D eigenvalue weighted by molar-refractivity contribution is 7.89. The van der Waals surface area contributed by atoms with Gasteiger partial charge in [-0.1, -0.05) is 63.5 Å². The zero-order valence-electron chi connectivity index (χ0n) is 21.8. The summed E-state index contributed by atoms with van der Waals surface area (Å²) < 4.78 is 28.0. The van der Waals surface area contributed by atoms with E-state index >= 15 is 0 Å². The lowest BCUT2D eigenvalue weighted by atomic mass is 9.96. The number of aryl methyl sites for hydroxylation is 1. The van der Waals surface area contributed by atoms with Gasteiger partial charge in [0.05, 0.1) is 11.6 Å². The van der Waals surface area contributed by atoms with E-state index in [1.54, 1.807) is 24.5 Å². The quantitative estimate of drug-likeness (QED) is 0.403. The molecular weight excluding hydrogens is 470 g/mol. The monoisotopic (exact) mass is 515 g/mol. The summed E-state index contributed by atoms with van der Waals surface area (Å²) >= 11 is 0. The summed E-state index contributed by atoms with van der Waals surface area (Å²) in [5, 5.41) is 11.5. The van der Waals surface area contributed by atoms with Crippen molar-refractivity contribution < 1.29 is 16.4 Å². The van der Waals surface area contributed by atoms with Gasteiger partial charge in [0, 0.05) is 33.2 Å². The fraction of sp³-hybridized carbons (Fsp3) is 0.483. The Morgan fingerprint density at radius 3 is 2.44 bits per heavy atom. The smallest absolute Gasteiger partial charge is 0.240 e. The Bertz CT molecular complexity index is 1140. The van der Waals surface area contributed by atoms with E-state index < -0.39 is 10.0 Å². The van der Waals surface area contributed by atoms with Crippen LogP contribution in [-0.2, 0) is 10.0 Å². The lowest BCUT2D eigenvalue weighted by molar-refractivity contribution is 0.251. The molecule has 1 aromatic heterocycles. The van der Waals surface area contributed by atoms with Crippen molar-refractivity contribution in [2.75, 3.05) is 13.3 Å². The van der Waals surface area contributed by atoms with Crippen LogP contribution in [0.3, 0.4) is 0 Å². The van der Waals surface area contributed by atoms with Crippen LogP contribution in [0.25, 0.3) is 11.1 Å². The Morgan fingerprint density at radius 2 is 1.81 bits per heavy atom. The first-order chi connectivity index (χ1) is 17.4. The molecule has 2 saturated carbocycles. The standard InChI is InChI=1S/C18H22N2O2S.C9H13NO.C2H6.2H2/c1-14-13-17(7-8-18(14)15-9-11-19-12-10-15)23(21,22)20-16-5-3-2-4-6-16;11-7-10-6-9-4-2-1-3-8(9)5-9;1-2;;/h7-13,16,20H,2-6H2,1H3;1-4,8,10-11H,5-7H2;1-2H3;2*1H. The summed E-state index contributed by atoms with van der Waals surface area (Å²) in [6, 6.07) is 9.25. The molecule has 2 unspecified atom stereocenters. The topological polar surface area (TPSA) is 91.3 Å². The molecule has 3 N–H and O–H groups in total. The molecule has 7 heteroatoms. The summed E-state index contributed by atoms with van der Waals surface area (Å²) in [6.07, 6.45) is 18.7. The van der Waals surface area contributed by atoms with E-state index in [1.165, 1.54) is 12.8 Å². The van der Waals surface area contributed by atoms with Gasteiger partial charge >= 0.3 is 0 Å². The maximum atomic E-state index is 12.6. The largest absolute Gasteiger partial charge is 0.381 e. The van der Waals surface area contributed by atoms with E-state index in [4.69, 9.17) is 5.11 Å². The molecule has 3 aliphatic carbocycles. The lowest BCUT2D eigenvalue weighted by Crippen LogP contribution is -2.36. The molecule has 36 heavy (non-hydrogen) atoms. The van der Waals surface area contributed by atoms with Gasteiger partial charge in [0.2, 0.25) is 10.0 Å². The first-order valence-electron chi connectivity index (χ1n) is 13.1. The molecule has 2 atom stereocenters. The van der Waals surface area contributed by atoms with Crippen molar-refractivity contribution in [3.63, 3.8) is 0 Å². The minimum absolute atomic E-state index is 0. The zero-order valence-corrected chi connectivity index (χ0v) is 22.6. The Hall–Kier alpha value is -2.32. The predicted molar refractivity (Wildman–Crippen MR) is 151 cm³/mol. The molecule has 0 bridgehead atoms. The number of rotatable bonds is 7. The van der Waals surface area contributed by atoms with Crippen LogP contribution in [0, 0.1) is 18.3 Å². The SMILES string of the molecule is CC.Cc1cc(S(=O)(=O)NC2CCCCC2)ccc1-c1ccncc1.OCNCC12C=CC=CC1C2.[HH].[HH]. The Balaban J connectivity index is 0.000000406. The number of allylic oxidation sites excluding steroid dienone is 3. The van der Waals surface area contributed by atoms with Crippen LogP contribution < -0.4 is 10.0 Å². The number of aliphatic hydroxyl groups is 1. The van der Waals surface area contributed by atoms with Crippen molar-refractivity contribution in [3.05, 3.63) is 72.6 Å². The summed E-state index contributed by atoms with van der Waals surface area (Å²) in [4.78, 5) is 4.36. The van der Waals surface area contributed by atoms with Gasteiger partial charge in [0.15, 0.2) is 0 Å². The highest BCUT2D eigenvalue weighted by Crippen LogP contribution is 2.55. The van der Waals surface area contributed by atoms with E-state index in [9.17, 15) is 8.42 Å². The number of hydrogen-bond donors (Lipinski definition) is 3. The fourth-order valence-corrected chi connectivity index (χ4v) is 6.35. The molecule has 2 aromatic rings. The molecule has 3 aliphatic rings. The molecule has 200 valence electrons. The van der Waals surface area contributed by atoms with Crippen LogP contribution in [0.15, 0.2) is 71.9 Å². The van der Waals surface area contributed by atoms with E-state index in [0.29, 0.717) is 10.3 Å². The highest BCUT2D eigenvalue weighted by atomic mass is 32.2. The van der Waals surface area contributed by atoms with Gasteiger partial charge < -0.3 is 5.11 Å². The lowest BCUT2D eigenvalue weighted by Gasteiger charge is -2.22. The van der Waals surface area contributed by atoms with Crippen LogP contribution in [0.4, 0.5) is 0 Å². The van der Waals surface area contributed by atoms with E-state index in [-0.39, 0.29) is 15.6 Å². The normalized spacial score (nSPS) is 22.5. The zero-order chi connectivity index (χ0) is 26.0. The van der Waals surface area contributed by atoms with Gasteiger partial charge in [0.25, 0.3) is 0 Å². The van der Waals surface area contributed by atoms with Gasteiger partial charge in [-0.15, -0.1) is 0 Å². The Labute approximate surface area is 220 Å². The number of aliphatic hydroxyl groups excluding tert-OH is 1. The molecule has 0 aliphatic heterocycles. The van der Waals surface area contributed by atoms with Gasteiger partial charge in [-0.25, -0.2) is 13.1 Å². The first-order valence-corrected chi connectivity index (χ1v) is 14.6. The molecule has 0 spiro atoms. The number of sulfonamides is 1. The minimum atomic E-state index is -3.44. The molecule has 1 heterocycles. The third-order valence-electron chi connectivity index (χ3n) is 7.05. The van der Waals surface area contributed by atoms with Crippen molar-refractivity contribution >= 4 is 10.0 Å². The van der Waals surface area contributed by atoms with Crippen LogP contribution in [0.5, 0.6) is 0 Å². The van der Waals surface area contributed by atoms with Crippen LogP contribution >= 0.6 is 0 Å². The second kappa shape index (κ2) is 13.3. The van der Waals surface area contributed by atoms with Crippen molar-refractivity contribution in [1.29, 1.82) is 0 Å². The number of aromatic nitrogens is 1. The van der Waals surface area contributed by atoms with Crippen molar-refractivity contribution in [3.8, 4) is 11.1 Å². The fourth-order valence-electron chi connectivity index (χ4n) is 4.96. The number of fused-ring (bicyclic) bond motifs is 1. The van der Waals surface area contributed by atoms with Crippen LogP contribution in [-0.4, -0.2) is 37.8 Å². The van der Waals surface area contributed by atoms with E-state index in [0.717, 1.165) is 54.8 Å². The average Bonchev–Trinajstić information content (AvgIpc) is 3.65. The molecule has 2 fully saturated rings. The van der Waals surface area contributed by atoms with Crippen molar-refractivity contribution in [2.45, 2.75) is 70.2 Å². The van der Waals surface area contributed by atoms with Gasteiger partial charge in [0.1, 0.15) is 0 Å². The Kier molecular flexibility index (Phi) is 10.4. The van der Waals surface area contributed by atoms with Gasteiger partial charge in [-0.2, -0.15) is 0 Å². The summed E-state index contributed by atoms with van der Waals surface area (Å²) in [5.74, 6) is 0.728. The summed E-state index contributed by atoms with van der Waals surface area (Å²) in [5.41, 5.74) is 3.38. The molecule has 0 radical (unpaired) electrons. The third-order valence-corrected chi connectivity index (χ3v) is 8.57. The highest BCUT2D eigenvalue weighted by Gasteiger charge is 2.50. The minimum Gasteiger partial charge on any atom is -0.381 e. The van der Waals surface area contributed by atoms with E-state index in [2.05, 4.69) is 39.3 Å². The first kappa shape index (κ1) is 28.3. The van der Waals surface area contributed by atoms with Crippen molar-refractivity contribution in [1.82, 2.24) is 15.0 Å². The predicted octanol–water partition coefficient (Wildman–Crippen LogP) is 5.84. The van der Waals surface area contributed by atoms with Crippen LogP contribution in [0.2, 0.25) is 0 Å². The number of nitrogens with one attached hydrogen (secondary N) is 2. The molecule has 0 saturated heterocycles. The number of hydrogen-bond acceptors (Lipinski definition) is 5. The maximum Gasteiger partial charge on any atom is 0.240 e. The number of benzene rings is 1. The second-order valence-corrected chi connectivity index (χ2v) is 11.3. The molecule has 5 rings (SSSR count). The Morgan fingerprint density at radius 1 is 1.08 bits per heavy atom. The van der Waals surface area contributed by atoms with Gasteiger partial charge in [-0.05, 0) is 73.1 Å². The molecular formula is C29H45N3O3S. The summed E-state index contributed by atoms with van der Waals surface area (Å²) in [6.45, 7) is 6.94. The second-order valence-electron chi connectivity index (χ2n) is 9.54.